The Labute approximate surface area is 173 Å². The molecule has 6 nitrogen and oxygen atoms in total. The van der Waals surface area contributed by atoms with Crippen LogP contribution < -0.4 is 5.32 Å². The second-order valence-corrected chi connectivity index (χ2v) is 8.60. The van der Waals surface area contributed by atoms with Crippen LogP contribution in [0.2, 0.25) is 0 Å². The molecule has 1 fully saturated rings. The number of thioether (sulfide) groups is 1. The molecule has 2 rings (SSSR count). The molecule has 0 unspecified atom stereocenters. The third kappa shape index (κ3) is 5.97. The lowest BCUT2D eigenvalue weighted by Crippen LogP contribution is -2.49. The maximum Gasteiger partial charge on any atom is 0.246 e. The van der Waals surface area contributed by atoms with E-state index in [0.717, 1.165) is 28.6 Å². The van der Waals surface area contributed by atoms with Crippen molar-refractivity contribution < 1.29 is 14.4 Å². The molecular weight excluding hydrogens is 430 g/mol. The molecule has 0 aliphatic carbocycles. The Morgan fingerprint density at radius 1 is 1.37 bits per heavy atom. The number of unbranched alkanes of at least 4 members (excludes halogenated alkanes) is 1. The first kappa shape index (κ1) is 21.8. The van der Waals surface area contributed by atoms with Gasteiger partial charge in [-0.15, -0.1) is 11.8 Å². The summed E-state index contributed by atoms with van der Waals surface area (Å²) in [6, 6.07) is 5.11. The number of likely N-dealkylation sites (N-methyl/N-ethyl adjacent to an activating group) is 1. The average Bonchev–Trinajstić information content (AvgIpc) is 3.11. The summed E-state index contributed by atoms with van der Waals surface area (Å²) >= 11 is 4.97. The molecule has 0 aromatic heterocycles. The Balaban J connectivity index is 1.93. The number of nitrogens with zero attached hydrogens (tertiary/aromatic N) is 2. The molecule has 1 heterocycles. The fourth-order valence-electron chi connectivity index (χ4n) is 2.87. The van der Waals surface area contributed by atoms with Gasteiger partial charge in [0.15, 0.2) is 0 Å². The molecule has 0 bridgehead atoms. The first-order valence-corrected chi connectivity index (χ1v) is 11.0. The van der Waals surface area contributed by atoms with Gasteiger partial charge < -0.3 is 15.1 Å². The summed E-state index contributed by atoms with van der Waals surface area (Å²) in [5.41, 5.74) is 1.66. The number of carbonyl (C=O) groups is 3. The van der Waals surface area contributed by atoms with Crippen LogP contribution in [-0.2, 0) is 14.4 Å². The van der Waals surface area contributed by atoms with E-state index in [1.54, 1.807) is 23.7 Å². The van der Waals surface area contributed by atoms with Gasteiger partial charge in [-0.3, -0.25) is 14.4 Å². The topological polar surface area (TPSA) is 69.7 Å². The van der Waals surface area contributed by atoms with Crippen molar-refractivity contribution >= 4 is 51.1 Å². The summed E-state index contributed by atoms with van der Waals surface area (Å²) in [5, 5.41) is 2.84. The molecule has 1 aliphatic heterocycles. The normalized spacial score (nSPS) is 16.3. The number of rotatable bonds is 7. The maximum atomic E-state index is 12.8. The molecule has 1 aliphatic rings. The van der Waals surface area contributed by atoms with Crippen molar-refractivity contribution in [2.24, 2.45) is 0 Å². The van der Waals surface area contributed by atoms with Crippen molar-refractivity contribution in [3.63, 3.8) is 0 Å². The lowest BCUT2D eigenvalue weighted by atomic mass is 10.2. The summed E-state index contributed by atoms with van der Waals surface area (Å²) in [5.74, 6) is 0.688. The molecule has 8 heteroatoms. The first-order chi connectivity index (χ1) is 12.8. The van der Waals surface area contributed by atoms with E-state index in [1.807, 2.05) is 32.0 Å². The van der Waals surface area contributed by atoms with Crippen molar-refractivity contribution in [3.05, 3.63) is 28.2 Å². The molecule has 1 aromatic rings. The molecule has 0 saturated carbocycles. The monoisotopic (exact) mass is 455 g/mol. The summed E-state index contributed by atoms with van der Waals surface area (Å²) in [4.78, 5) is 40.5. The number of benzene rings is 1. The minimum absolute atomic E-state index is 0.0172. The standard InChI is InChI=1S/C19H26BrN3O3S/c1-4-5-6-18(25)23-12-27-11-16(23)19(26)22(3)10-17(24)21-15-8-7-14(20)9-13(15)2/h7-9,16H,4-6,10-12H2,1-3H3,(H,21,24)/t16-/m1/s1. The number of hydrogen-bond donors (Lipinski definition) is 1. The maximum absolute atomic E-state index is 12.8. The van der Waals surface area contributed by atoms with Crippen LogP contribution in [0.25, 0.3) is 0 Å². The Hall–Kier alpha value is -1.54. The number of nitrogens with one attached hydrogen (secondary N) is 1. The number of carbonyl (C=O) groups excluding carboxylic acids is 3. The molecule has 1 aromatic carbocycles. The SMILES string of the molecule is CCCCC(=O)N1CSC[C@@H]1C(=O)N(C)CC(=O)Nc1ccc(Br)cc1C. The van der Waals surface area contributed by atoms with Gasteiger partial charge in [0.1, 0.15) is 6.04 Å². The van der Waals surface area contributed by atoms with Crippen LogP contribution in [0.5, 0.6) is 0 Å². The minimum Gasteiger partial charge on any atom is -0.335 e. The zero-order valence-corrected chi connectivity index (χ0v) is 18.4. The van der Waals surface area contributed by atoms with Gasteiger partial charge in [-0.1, -0.05) is 29.3 Å². The molecule has 1 saturated heterocycles. The van der Waals surface area contributed by atoms with Crippen molar-refractivity contribution in [2.45, 2.75) is 39.2 Å². The van der Waals surface area contributed by atoms with Crippen molar-refractivity contribution in [2.75, 3.05) is 30.5 Å². The van der Waals surface area contributed by atoms with Crippen LogP contribution in [0.15, 0.2) is 22.7 Å². The molecule has 1 atom stereocenters. The summed E-state index contributed by atoms with van der Waals surface area (Å²) in [6.45, 7) is 3.89. The van der Waals surface area contributed by atoms with E-state index in [0.29, 0.717) is 18.1 Å². The Kier molecular flexibility index (Phi) is 8.16. The van der Waals surface area contributed by atoms with Crippen molar-refractivity contribution in [1.29, 1.82) is 0 Å². The van der Waals surface area contributed by atoms with Crippen LogP contribution >= 0.6 is 27.7 Å². The highest BCUT2D eigenvalue weighted by atomic mass is 79.9. The number of amides is 3. The van der Waals surface area contributed by atoms with E-state index >= 15 is 0 Å². The Morgan fingerprint density at radius 2 is 2.11 bits per heavy atom. The second kappa shape index (κ2) is 10.1. The van der Waals surface area contributed by atoms with Gasteiger partial charge >= 0.3 is 0 Å². The zero-order valence-electron chi connectivity index (χ0n) is 16.0. The minimum atomic E-state index is -0.480. The lowest BCUT2D eigenvalue weighted by molar-refractivity contribution is -0.143. The molecule has 0 spiro atoms. The number of hydrogen-bond acceptors (Lipinski definition) is 4. The highest BCUT2D eigenvalue weighted by Crippen LogP contribution is 2.24. The van der Waals surface area contributed by atoms with Crippen LogP contribution in [-0.4, -0.2) is 58.8 Å². The largest absolute Gasteiger partial charge is 0.335 e. The van der Waals surface area contributed by atoms with Gasteiger partial charge in [-0.25, -0.2) is 0 Å². The highest BCUT2D eigenvalue weighted by Gasteiger charge is 2.36. The molecule has 148 valence electrons. The third-order valence-corrected chi connectivity index (χ3v) is 5.96. The number of aryl methyl sites for hydroxylation is 1. The second-order valence-electron chi connectivity index (χ2n) is 6.68. The predicted molar refractivity (Wildman–Crippen MR) is 113 cm³/mol. The zero-order chi connectivity index (χ0) is 20.0. The fourth-order valence-corrected chi connectivity index (χ4v) is 4.52. The molecule has 0 radical (unpaired) electrons. The molecule has 1 N–H and O–H groups in total. The quantitative estimate of drug-likeness (QED) is 0.684. The highest BCUT2D eigenvalue weighted by molar-refractivity contribution is 9.10. The Morgan fingerprint density at radius 3 is 2.78 bits per heavy atom. The van der Waals surface area contributed by atoms with E-state index in [2.05, 4.69) is 21.2 Å². The van der Waals surface area contributed by atoms with Crippen LogP contribution in [0.3, 0.4) is 0 Å². The summed E-state index contributed by atoms with van der Waals surface area (Å²) < 4.78 is 0.942. The molecule has 3 amide bonds. The van der Waals surface area contributed by atoms with Crippen LogP contribution in [0, 0.1) is 6.92 Å². The van der Waals surface area contributed by atoms with Crippen molar-refractivity contribution in [3.8, 4) is 0 Å². The van der Waals surface area contributed by atoms with Crippen LogP contribution in [0.4, 0.5) is 5.69 Å². The van der Waals surface area contributed by atoms with Crippen LogP contribution in [0.1, 0.15) is 31.7 Å². The van der Waals surface area contributed by atoms with E-state index in [9.17, 15) is 14.4 Å². The average molecular weight is 456 g/mol. The number of halogens is 1. The van der Waals surface area contributed by atoms with E-state index in [1.165, 1.54) is 4.90 Å². The summed E-state index contributed by atoms with van der Waals surface area (Å²) in [7, 11) is 1.61. The van der Waals surface area contributed by atoms with Gasteiger partial charge in [-0.05, 0) is 37.1 Å². The fraction of sp³-hybridized carbons (Fsp3) is 0.526. The van der Waals surface area contributed by atoms with Crippen molar-refractivity contribution in [1.82, 2.24) is 9.80 Å². The van der Waals surface area contributed by atoms with Gasteiger partial charge in [0.05, 0.1) is 12.4 Å². The van der Waals surface area contributed by atoms with Gasteiger partial charge in [0, 0.05) is 29.4 Å². The number of anilines is 1. The molecule has 27 heavy (non-hydrogen) atoms. The Bertz CT molecular complexity index is 713. The summed E-state index contributed by atoms with van der Waals surface area (Å²) in [6.07, 6.45) is 2.24. The lowest BCUT2D eigenvalue weighted by Gasteiger charge is -2.27. The predicted octanol–water partition coefficient (Wildman–Crippen LogP) is 3.25. The smallest absolute Gasteiger partial charge is 0.246 e. The first-order valence-electron chi connectivity index (χ1n) is 9.01. The van der Waals surface area contributed by atoms with Gasteiger partial charge in [-0.2, -0.15) is 0 Å². The van der Waals surface area contributed by atoms with E-state index in [4.69, 9.17) is 0 Å². The van der Waals surface area contributed by atoms with E-state index < -0.39 is 6.04 Å². The molecular formula is C19H26BrN3O3S. The van der Waals surface area contributed by atoms with Gasteiger partial charge in [0.25, 0.3) is 0 Å². The van der Waals surface area contributed by atoms with Gasteiger partial charge in [0.2, 0.25) is 17.7 Å². The third-order valence-electron chi connectivity index (χ3n) is 4.45. The van der Waals surface area contributed by atoms with E-state index in [-0.39, 0.29) is 24.3 Å².